The van der Waals surface area contributed by atoms with Crippen molar-refractivity contribution in [3.63, 3.8) is 0 Å². The van der Waals surface area contributed by atoms with Gasteiger partial charge in [0.1, 0.15) is 11.5 Å². The third-order valence-corrected chi connectivity index (χ3v) is 3.95. The molecule has 0 saturated heterocycles. The van der Waals surface area contributed by atoms with Crippen molar-refractivity contribution in [3.05, 3.63) is 64.2 Å². The summed E-state index contributed by atoms with van der Waals surface area (Å²) >= 11 is 5.84. The van der Waals surface area contributed by atoms with Crippen LogP contribution in [0.3, 0.4) is 0 Å². The van der Waals surface area contributed by atoms with Gasteiger partial charge in [-0.25, -0.2) is 0 Å². The topological polar surface area (TPSA) is 35.5 Å². The van der Waals surface area contributed by atoms with Crippen molar-refractivity contribution in [1.29, 1.82) is 0 Å². The molecule has 2 aromatic rings. The molecular formula is C20H21ClO3. The van der Waals surface area contributed by atoms with Crippen LogP contribution in [0, 0.1) is 0 Å². The van der Waals surface area contributed by atoms with Gasteiger partial charge in [0.25, 0.3) is 0 Å². The molecule has 0 radical (unpaired) electrons. The fourth-order valence-corrected chi connectivity index (χ4v) is 2.58. The predicted octanol–water partition coefficient (Wildman–Crippen LogP) is 5.21. The lowest BCUT2D eigenvalue weighted by Gasteiger charge is -2.12. The summed E-state index contributed by atoms with van der Waals surface area (Å²) in [5.74, 6) is 1.43. The Balaban J connectivity index is 2.30. The molecule has 0 heterocycles. The zero-order chi connectivity index (χ0) is 17.5. The van der Waals surface area contributed by atoms with Crippen molar-refractivity contribution in [2.75, 3.05) is 14.2 Å². The molecule has 0 saturated carbocycles. The van der Waals surface area contributed by atoms with Gasteiger partial charge in [0.2, 0.25) is 0 Å². The standard InChI is InChI=1S/C20H21ClO3/c1-4-5-15-12-20(24-3)16(13-19(15)23-2)8-11-18(22)14-6-9-17(21)10-7-14/h6-13H,4-5H2,1-3H3/b11-8+. The summed E-state index contributed by atoms with van der Waals surface area (Å²) in [6.07, 6.45) is 5.20. The third-order valence-electron chi connectivity index (χ3n) is 3.70. The normalized spacial score (nSPS) is 10.8. The van der Waals surface area contributed by atoms with Gasteiger partial charge < -0.3 is 9.47 Å². The van der Waals surface area contributed by atoms with E-state index >= 15 is 0 Å². The van der Waals surface area contributed by atoms with E-state index in [1.54, 1.807) is 44.6 Å². The number of carbonyl (C=O) groups is 1. The molecule has 2 rings (SSSR count). The first-order valence-corrected chi connectivity index (χ1v) is 8.19. The molecule has 4 heteroatoms. The molecule has 2 aromatic carbocycles. The second-order valence-electron chi connectivity index (χ2n) is 5.36. The molecule has 24 heavy (non-hydrogen) atoms. The van der Waals surface area contributed by atoms with Gasteiger partial charge in [-0.2, -0.15) is 0 Å². The Hall–Kier alpha value is -2.26. The van der Waals surface area contributed by atoms with E-state index in [0.717, 1.165) is 35.5 Å². The lowest BCUT2D eigenvalue weighted by Crippen LogP contribution is -1.97. The number of aryl methyl sites for hydroxylation is 1. The van der Waals surface area contributed by atoms with Crippen molar-refractivity contribution < 1.29 is 14.3 Å². The maximum absolute atomic E-state index is 12.3. The van der Waals surface area contributed by atoms with Crippen LogP contribution in [0.1, 0.15) is 34.8 Å². The molecule has 0 unspecified atom stereocenters. The zero-order valence-corrected chi connectivity index (χ0v) is 14.9. The van der Waals surface area contributed by atoms with Gasteiger partial charge in [-0.3, -0.25) is 4.79 Å². The minimum Gasteiger partial charge on any atom is -0.496 e. The average molecular weight is 345 g/mol. The highest BCUT2D eigenvalue weighted by Gasteiger charge is 2.10. The molecule has 0 aliphatic heterocycles. The van der Waals surface area contributed by atoms with E-state index in [9.17, 15) is 4.79 Å². The molecule has 126 valence electrons. The molecule has 0 aromatic heterocycles. The third kappa shape index (κ3) is 4.39. The minimum atomic E-state index is -0.0923. The summed E-state index contributed by atoms with van der Waals surface area (Å²) in [4.78, 5) is 12.3. The van der Waals surface area contributed by atoms with Crippen molar-refractivity contribution in [2.24, 2.45) is 0 Å². The van der Waals surface area contributed by atoms with Crippen molar-refractivity contribution in [3.8, 4) is 11.5 Å². The van der Waals surface area contributed by atoms with E-state index in [0.29, 0.717) is 10.6 Å². The number of ketones is 1. The molecule has 0 bridgehead atoms. The molecule has 0 N–H and O–H groups in total. The van der Waals surface area contributed by atoms with Crippen LogP contribution in [0.5, 0.6) is 11.5 Å². The van der Waals surface area contributed by atoms with E-state index in [1.807, 2.05) is 12.1 Å². The van der Waals surface area contributed by atoms with Crippen LogP contribution in [0.15, 0.2) is 42.5 Å². The van der Waals surface area contributed by atoms with Crippen molar-refractivity contribution in [2.45, 2.75) is 19.8 Å². The summed E-state index contributed by atoms with van der Waals surface area (Å²) < 4.78 is 10.9. The number of methoxy groups -OCH3 is 2. The average Bonchev–Trinajstić information content (AvgIpc) is 2.60. The minimum absolute atomic E-state index is 0.0923. The zero-order valence-electron chi connectivity index (χ0n) is 14.1. The second kappa shape index (κ2) is 8.55. The Morgan fingerprint density at radius 2 is 1.75 bits per heavy atom. The number of hydrogen-bond donors (Lipinski definition) is 0. The van der Waals surface area contributed by atoms with Gasteiger partial charge >= 0.3 is 0 Å². The molecule has 0 aliphatic carbocycles. The summed E-state index contributed by atoms with van der Waals surface area (Å²) in [7, 11) is 3.27. The lowest BCUT2D eigenvalue weighted by atomic mass is 10.0. The summed E-state index contributed by atoms with van der Waals surface area (Å²) in [6.45, 7) is 2.12. The Morgan fingerprint density at radius 3 is 2.33 bits per heavy atom. The molecular weight excluding hydrogens is 324 g/mol. The Labute approximate surface area is 147 Å². The number of allylic oxidation sites excluding steroid dienone is 1. The van der Waals surface area contributed by atoms with Crippen LogP contribution < -0.4 is 9.47 Å². The van der Waals surface area contributed by atoms with Crippen LogP contribution in [0.2, 0.25) is 5.02 Å². The molecule has 0 fully saturated rings. The van der Waals surface area contributed by atoms with E-state index in [1.165, 1.54) is 6.08 Å². The van der Waals surface area contributed by atoms with Crippen LogP contribution in [0.4, 0.5) is 0 Å². The Bertz CT molecular complexity index is 733. The van der Waals surface area contributed by atoms with Gasteiger partial charge in [0.05, 0.1) is 14.2 Å². The van der Waals surface area contributed by atoms with Crippen molar-refractivity contribution >= 4 is 23.5 Å². The monoisotopic (exact) mass is 344 g/mol. The molecule has 3 nitrogen and oxygen atoms in total. The maximum atomic E-state index is 12.3. The lowest BCUT2D eigenvalue weighted by molar-refractivity contribution is 0.104. The highest BCUT2D eigenvalue weighted by molar-refractivity contribution is 6.30. The highest BCUT2D eigenvalue weighted by Crippen LogP contribution is 2.30. The number of ether oxygens (including phenoxy) is 2. The van der Waals surface area contributed by atoms with Gasteiger partial charge in [-0.15, -0.1) is 0 Å². The number of hydrogen-bond acceptors (Lipinski definition) is 3. The smallest absolute Gasteiger partial charge is 0.185 e. The predicted molar refractivity (Wildman–Crippen MR) is 98.4 cm³/mol. The van der Waals surface area contributed by atoms with E-state index in [-0.39, 0.29) is 5.78 Å². The van der Waals surface area contributed by atoms with Crippen LogP contribution >= 0.6 is 11.6 Å². The fourth-order valence-electron chi connectivity index (χ4n) is 2.46. The van der Waals surface area contributed by atoms with Crippen LogP contribution in [0.25, 0.3) is 6.08 Å². The van der Waals surface area contributed by atoms with E-state index < -0.39 is 0 Å². The maximum Gasteiger partial charge on any atom is 0.185 e. The largest absolute Gasteiger partial charge is 0.496 e. The summed E-state index contributed by atoms with van der Waals surface area (Å²) in [5, 5.41) is 0.605. The molecule has 0 atom stereocenters. The summed E-state index contributed by atoms with van der Waals surface area (Å²) in [6, 6.07) is 10.7. The highest BCUT2D eigenvalue weighted by atomic mass is 35.5. The Morgan fingerprint density at radius 1 is 1.08 bits per heavy atom. The number of benzene rings is 2. The number of halogens is 1. The SMILES string of the molecule is CCCc1cc(OC)c(/C=C/C(=O)c2ccc(Cl)cc2)cc1OC. The fraction of sp³-hybridized carbons (Fsp3) is 0.250. The second-order valence-corrected chi connectivity index (χ2v) is 5.80. The van der Waals surface area contributed by atoms with Gasteiger partial charge in [-0.05, 0) is 60.5 Å². The quantitative estimate of drug-likeness (QED) is 0.511. The van der Waals surface area contributed by atoms with Gasteiger partial charge in [0, 0.05) is 16.1 Å². The van der Waals surface area contributed by atoms with E-state index in [2.05, 4.69) is 6.92 Å². The van der Waals surface area contributed by atoms with Gasteiger partial charge in [0.15, 0.2) is 5.78 Å². The van der Waals surface area contributed by atoms with Crippen LogP contribution in [-0.2, 0) is 6.42 Å². The first-order chi connectivity index (χ1) is 11.6. The van der Waals surface area contributed by atoms with Crippen molar-refractivity contribution in [1.82, 2.24) is 0 Å². The van der Waals surface area contributed by atoms with Crippen LogP contribution in [-0.4, -0.2) is 20.0 Å². The summed E-state index contributed by atoms with van der Waals surface area (Å²) in [5.41, 5.74) is 2.48. The molecule has 0 aliphatic rings. The Kier molecular flexibility index (Phi) is 6.44. The molecule has 0 amide bonds. The first kappa shape index (κ1) is 18.1. The number of carbonyl (C=O) groups excluding carboxylic acids is 1. The van der Waals surface area contributed by atoms with E-state index in [4.69, 9.17) is 21.1 Å². The number of rotatable bonds is 7. The molecule has 0 spiro atoms. The van der Waals surface area contributed by atoms with Gasteiger partial charge in [-0.1, -0.05) is 24.9 Å². The first-order valence-electron chi connectivity index (χ1n) is 7.82.